The summed E-state index contributed by atoms with van der Waals surface area (Å²) in [6, 6.07) is 7.89. The van der Waals surface area contributed by atoms with Crippen molar-refractivity contribution in [3.8, 4) is 0 Å². The number of rotatable bonds is 12. The molecule has 0 radical (unpaired) electrons. The number of carbonyl (C=O) groups excluding carboxylic acids is 1. The van der Waals surface area contributed by atoms with Crippen molar-refractivity contribution in [1.29, 1.82) is 0 Å². The van der Waals surface area contributed by atoms with Crippen molar-refractivity contribution in [2.24, 2.45) is 0 Å². The van der Waals surface area contributed by atoms with E-state index in [-0.39, 0.29) is 12.6 Å². The van der Waals surface area contributed by atoms with Crippen molar-refractivity contribution in [3.63, 3.8) is 0 Å². The summed E-state index contributed by atoms with van der Waals surface area (Å²) in [6.07, 6.45) is 10.2. The first kappa shape index (κ1) is 19.9. The molecule has 1 aromatic carbocycles. The summed E-state index contributed by atoms with van der Waals surface area (Å²) in [7, 11) is 0. The minimum absolute atomic E-state index is 0.207. The van der Waals surface area contributed by atoms with Crippen LogP contribution in [0.15, 0.2) is 49.6 Å². The third-order valence-corrected chi connectivity index (χ3v) is 3.16. The average Bonchev–Trinajstić information content (AvgIpc) is 2.60. The van der Waals surface area contributed by atoms with Crippen molar-refractivity contribution >= 4 is 18.1 Å². The molecule has 0 saturated carbocycles. The molecule has 0 aliphatic rings. The van der Waals surface area contributed by atoms with Crippen LogP contribution >= 0.6 is 0 Å². The Morgan fingerprint density at radius 1 is 0.917 bits per heavy atom. The van der Waals surface area contributed by atoms with E-state index < -0.39 is 0 Å². The summed E-state index contributed by atoms with van der Waals surface area (Å²) in [5.41, 5.74) is 0. The third-order valence-electron chi connectivity index (χ3n) is 3.16. The molecule has 0 saturated heterocycles. The van der Waals surface area contributed by atoms with E-state index in [0.29, 0.717) is 26.1 Å². The van der Waals surface area contributed by atoms with Crippen molar-refractivity contribution < 1.29 is 19.3 Å². The van der Waals surface area contributed by atoms with Crippen LogP contribution in [0.5, 0.6) is 0 Å². The van der Waals surface area contributed by atoms with Gasteiger partial charge in [0.2, 0.25) is 0 Å². The number of benzene rings is 1. The Kier molecular flexibility index (Phi) is 11.0. The second-order valence-electron chi connectivity index (χ2n) is 5.12. The molecule has 1 rings (SSSR count). The van der Waals surface area contributed by atoms with E-state index >= 15 is 0 Å². The van der Waals surface area contributed by atoms with Crippen molar-refractivity contribution in [1.82, 2.24) is 0 Å². The van der Waals surface area contributed by atoms with E-state index in [1.807, 2.05) is 42.5 Å². The van der Waals surface area contributed by atoms with Gasteiger partial charge in [-0.05, 0) is 41.9 Å². The van der Waals surface area contributed by atoms with Gasteiger partial charge < -0.3 is 4.74 Å². The van der Waals surface area contributed by atoms with Gasteiger partial charge >= 0.3 is 5.97 Å². The van der Waals surface area contributed by atoms with Gasteiger partial charge in [-0.15, -0.1) is 13.2 Å². The van der Waals surface area contributed by atoms with Crippen LogP contribution in [0.25, 0.3) is 12.2 Å². The lowest BCUT2D eigenvalue weighted by molar-refractivity contribution is -0.283. The number of carbonyl (C=O) groups is 1. The number of hydrogen-bond donors (Lipinski definition) is 0. The summed E-state index contributed by atoms with van der Waals surface area (Å²) in [4.78, 5) is 21.5. The third kappa shape index (κ3) is 9.77. The zero-order valence-corrected chi connectivity index (χ0v) is 14.1. The van der Waals surface area contributed by atoms with Crippen molar-refractivity contribution in [2.45, 2.75) is 25.7 Å². The van der Waals surface area contributed by atoms with Gasteiger partial charge in [-0.1, -0.05) is 36.4 Å². The molecule has 0 aliphatic carbocycles. The van der Waals surface area contributed by atoms with Gasteiger partial charge in [0.1, 0.15) is 13.2 Å². The van der Waals surface area contributed by atoms with Crippen LogP contribution in [0.4, 0.5) is 0 Å². The van der Waals surface area contributed by atoms with E-state index in [4.69, 9.17) is 14.5 Å². The predicted octanol–water partition coefficient (Wildman–Crippen LogP) is 2.67. The van der Waals surface area contributed by atoms with E-state index in [0.717, 1.165) is 23.3 Å². The standard InChI is InChI=1S/C20H26O4/c1-3-5-7-15-23-24-17-14-19-11-9-18(10-12-19)13-16-22-20(21)8-6-4-2/h3-4,9-14H,1-2,5-8,15-17H2. The molecule has 0 amide bonds. The molecule has 0 spiro atoms. The van der Waals surface area contributed by atoms with Crippen LogP contribution < -0.4 is 10.4 Å². The number of unbranched alkanes of at least 4 members (excludes halogenated alkanes) is 1. The van der Waals surface area contributed by atoms with Gasteiger partial charge in [0.15, 0.2) is 0 Å². The number of hydrogen-bond acceptors (Lipinski definition) is 4. The Hall–Kier alpha value is -2.17. The van der Waals surface area contributed by atoms with Gasteiger partial charge in [0.05, 0.1) is 6.61 Å². The first-order valence-corrected chi connectivity index (χ1v) is 8.14. The van der Waals surface area contributed by atoms with Gasteiger partial charge in [-0.2, -0.15) is 0 Å². The zero-order valence-electron chi connectivity index (χ0n) is 14.1. The Labute approximate surface area is 143 Å². The average molecular weight is 330 g/mol. The second-order valence-corrected chi connectivity index (χ2v) is 5.12. The zero-order chi connectivity index (χ0) is 17.5. The van der Waals surface area contributed by atoms with E-state index in [2.05, 4.69) is 13.2 Å². The van der Waals surface area contributed by atoms with E-state index in [9.17, 15) is 4.79 Å². The lowest BCUT2D eigenvalue weighted by Crippen LogP contribution is -2.11. The number of ether oxygens (including phenoxy) is 1. The molecule has 4 nitrogen and oxygen atoms in total. The minimum Gasteiger partial charge on any atom is -0.461 e. The Balaban J connectivity index is 2.32. The first-order valence-electron chi connectivity index (χ1n) is 8.14. The maximum atomic E-state index is 11.4. The Morgan fingerprint density at radius 2 is 1.54 bits per heavy atom. The Bertz CT molecular complexity index is 596. The molecule has 0 bridgehead atoms. The smallest absolute Gasteiger partial charge is 0.306 e. The highest BCUT2D eigenvalue weighted by molar-refractivity contribution is 5.69. The molecule has 0 heterocycles. The molecule has 0 fully saturated rings. The highest BCUT2D eigenvalue weighted by Crippen LogP contribution is 1.93. The number of allylic oxidation sites excluding steroid dienone is 2. The first-order chi connectivity index (χ1) is 11.8. The summed E-state index contributed by atoms with van der Waals surface area (Å²) in [6.45, 7) is 8.47. The maximum Gasteiger partial charge on any atom is 0.306 e. The molecule has 1 aromatic rings. The molecular weight excluding hydrogens is 304 g/mol. The largest absolute Gasteiger partial charge is 0.461 e. The monoisotopic (exact) mass is 330 g/mol. The van der Waals surface area contributed by atoms with E-state index in [1.165, 1.54) is 0 Å². The van der Waals surface area contributed by atoms with E-state index in [1.54, 1.807) is 6.08 Å². The van der Waals surface area contributed by atoms with Crippen LogP contribution in [0.2, 0.25) is 0 Å². The van der Waals surface area contributed by atoms with Gasteiger partial charge in [-0.25, -0.2) is 9.78 Å². The molecule has 0 unspecified atom stereocenters. The highest BCUT2D eigenvalue weighted by Gasteiger charge is 1.98. The van der Waals surface area contributed by atoms with Gasteiger partial charge in [-0.3, -0.25) is 4.79 Å². The van der Waals surface area contributed by atoms with Crippen LogP contribution in [0.1, 0.15) is 25.7 Å². The molecule has 0 aromatic heterocycles. The lowest BCUT2D eigenvalue weighted by atomic mass is 10.2. The normalized spacial score (nSPS) is 10.0. The molecule has 0 aliphatic heterocycles. The fraction of sp³-hybridized carbons (Fsp3) is 0.350. The predicted molar refractivity (Wildman–Crippen MR) is 96.3 cm³/mol. The summed E-state index contributed by atoms with van der Waals surface area (Å²) >= 11 is 0. The number of esters is 1. The van der Waals surface area contributed by atoms with Crippen LogP contribution in [-0.2, 0) is 19.3 Å². The molecule has 24 heavy (non-hydrogen) atoms. The van der Waals surface area contributed by atoms with Crippen LogP contribution in [0.3, 0.4) is 0 Å². The molecule has 130 valence electrons. The van der Waals surface area contributed by atoms with Gasteiger partial charge in [0, 0.05) is 6.42 Å². The maximum absolute atomic E-state index is 11.4. The Morgan fingerprint density at radius 3 is 2.17 bits per heavy atom. The summed E-state index contributed by atoms with van der Waals surface area (Å²) in [5.74, 6) is -0.207. The quantitative estimate of drug-likeness (QED) is 0.194. The fourth-order valence-corrected chi connectivity index (χ4v) is 1.81. The summed E-state index contributed by atoms with van der Waals surface area (Å²) < 4.78 is 5.11. The van der Waals surface area contributed by atoms with Crippen molar-refractivity contribution in [3.05, 3.63) is 60.0 Å². The molecule has 0 N–H and O–H groups in total. The van der Waals surface area contributed by atoms with Crippen LogP contribution in [0, 0.1) is 0 Å². The summed E-state index contributed by atoms with van der Waals surface area (Å²) in [5, 5.41) is 2.05. The second kappa shape index (κ2) is 13.3. The highest BCUT2D eigenvalue weighted by atomic mass is 17.2. The molecule has 0 atom stereocenters. The minimum atomic E-state index is -0.207. The molecular formula is C20H26O4. The molecule has 4 heteroatoms. The van der Waals surface area contributed by atoms with Crippen LogP contribution in [-0.4, -0.2) is 25.8 Å². The lowest BCUT2D eigenvalue weighted by Gasteiger charge is -2.00. The fourth-order valence-electron chi connectivity index (χ4n) is 1.81. The van der Waals surface area contributed by atoms with Crippen molar-refractivity contribution in [2.75, 3.05) is 19.8 Å². The van der Waals surface area contributed by atoms with Gasteiger partial charge in [0.25, 0.3) is 0 Å². The SMILES string of the molecule is C=CCCCOOCC=c1ccc(=CCOC(=O)CCC=C)cc1. The topological polar surface area (TPSA) is 44.8 Å².